The second-order valence-electron chi connectivity index (χ2n) is 6.27. The average Bonchev–Trinajstić information content (AvgIpc) is 2.75. The molecule has 0 amide bonds. The second kappa shape index (κ2) is 5.96. The van der Waals surface area contributed by atoms with Crippen LogP contribution in [0.3, 0.4) is 0 Å². The van der Waals surface area contributed by atoms with Crippen LogP contribution in [0.1, 0.15) is 24.3 Å². The van der Waals surface area contributed by atoms with Crippen LogP contribution in [0, 0.1) is 6.92 Å². The largest absolute Gasteiger partial charge is 0.315 e. The maximum absolute atomic E-state index is 13.0. The Labute approximate surface area is 132 Å². The predicted octanol–water partition coefficient (Wildman–Crippen LogP) is 1.49. The molecule has 7 heteroatoms. The van der Waals surface area contributed by atoms with E-state index in [1.165, 1.54) is 11.3 Å². The van der Waals surface area contributed by atoms with Crippen molar-refractivity contribution in [2.75, 3.05) is 33.7 Å². The number of hydrogen-bond donors (Lipinski definition) is 1. The average molecular weight is 332 g/mol. The summed E-state index contributed by atoms with van der Waals surface area (Å²) in [6, 6.07) is 0. The van der Waals surface area contributed by atoms with Crippen molar-refractivity contribution in [3.8, 4) is 0 Å². The molecule has 0 aliphatic carbocycles. The van der Waals surface area contributed by atoms with Crippen molar-refractivity contribution in [3.63, 3.8) is 0 Å². The lowest BCUT2D eigenvalue weighted by atomic mass is 10.0. The number of rotatable bonds is 4. The van der Waals surface area contributed by atoms with Crippen molar-refractivity contribution in [3.05, 3.63) is 15.8 Å². The van der Waals surface area contributed by atoms with Crippen molar-refractivity contribution in [2.45, 2.75) is 37.8 Å². The Morgan fingerprint density at radius 2 is 2.05 bits per heavy atom. The zero-order valence-corrected chi connectivity index (χ0v) is 15.1. The lowest BCUT2D eigenvalue weighted by molar-refractivity contribution is 0.0801. The van der Waals surface area contributed by atoms with Gasteiger partial charge in [-0.3, -0.25) is 4.90 Å². The van der Waals surface area contributed by atoms with E-state index in [1.54, 1.807) is 4.31 Å². The molecule has 0 spiro atoms. The van der Waals surface area contributed by atoms with Gasteiger partial charge in [0.2, 0.25) is 10.0 Å². The third-order valence-corrected chi connectivity index (χ3v) is 7.52. The number of nitrogens with one attached hydrogen (secondary N) is 1. The molecule has 1 fully saturated rings. The molecule has 0 atom stereocenters. The number of hydrogen-bond acceptors (Lipinski definition) is 5. The van der Waals surface area contributed by atoms with Gasteiger partial charge in [0.1, 0.15) is 4.90 Å². The van der Waals surface area contributed by atoms with Crippen molar-refractivity contribution in [2.24, 2.45) is 0 Å². The van der Waals surface area contributed by atoms with Crippen LogP contribution in [0.4, 0.5) is 0 Å². The van der Waals surface area contributed by atoms with Crippen LogP contribution in [-0.2, 0) is 16.6 Å². The minimum Gasteiger partial charge on any atom is -0.315 e. The summed E-state index contributed by atoms with van der Waals surface area (Å²) in [6.07, 6.45) is 0. The first kappa shape index (κ1) is 16.9. The summed E-state index contributed by atoms with van der Waals surface area (Å²) in [5.74, 6) is 0. The van der Waals surface area contributed by atoms with Crippen molar-refractivity contribution >= 4 is 21.4 Å². The van der Waals surface area contributed by atoms with E-state index in [-0.39, 0.29) is 5.54 Å². The molecule has 2 heterocycles. The Balaban J connectivity index is 2.37. The molecule has 2 rings (SSSR count). The van der Waals surface area contributed by atoms with Crippen molar-refractivity contribution in [1.29, 1.82) is 0 Å². The fourth-order valence-electron chi connectivity index (χ4n) is 2.65. The summed E-state index contributed by atoms with van der Waals surface area (Å²) < 4.78 is 27.7. The van der Waals surface area contributed by atoms with Gasteiger partial charge in [0.05, 0.1) is 0 Å². The molecule has 5 nitrogen and oxygen atoms in total. The number of sulfonamides is 1. The highest BCUT2D eigenvalue weighted by Crippen LogP contribution is 2.32. The van der Waals surface area contributed by atoms with E-state index in [4.69, 9.17) is 0 Å². The molecule has 21 heavy (non-hydrogen) atoms. The fourth-order valence-corrected chi connectivity index (χ4v) is 6.01. The van der Waals surface area contributed by atoms with Crippen LogP contribution in [-0.4, -0.2) is 56.9 Å². The molecule has 1 aliphatic rings. The highest BCUT2D eigenvalue weighted by Gasteiger charge is 2.38. The Bertz CT molecular complexity index is 608. The minimum absolute atomic E-state index is 0.140. The van der Waals surface area contributed by atoms with Crippen LogP contribution in [0.5, 0.6) is 0 Å². The SMILES string of the molecule is CNCc1scc(C)c1S(=O)(=O)N1CCN(C)C(C)(C)C1. The lowest BCUT2D eigenvalue weighted by Crippen LogP contribution is -2.58. The molecule has 1 aliphatic heterocycles. The minimum atomic E-state index is -3.42. The Kier molecular flexibility index (Phi) is 4.80. The maximum Gasteiger partial charge on any atom is 0.244 e. The number of thiophene rings is 1. The summed E-state index contributed by atoms with van der Waals surface area (Å²) in [5, 5.41) is 4.99. The van der Waals surface area contributed by atoms with E-state index in [1.807, 2.05) is 26.4 Å². The third-order valence-electron chi connectivity index (χ3n) is 4.21. The van der Waals surface area contributed by atoms with E-state index < -0.39 is 10.0 Å². The third kappa shape index (κ3) is 3.17. The first-order valence-corrected chi connectivity index (χ1v) is 9.45. The summed E-state index contributed by atoms with van der Waals surface area (Å²) in [7, 11) is 0.466. The van der Waals surface area contributed by atoms with E-state index in [0.717, 1.165) is 17.0 Å². The molecule has 0 aromatic carbocycles. The molecule has 1 aromatic rings. The molecule has 1 N–H and O–H groups in total. The molecular weight excluding hydrogens is 306 g/mol. The number of aryl methyl sites for hydroxylation is 1. The van der Waals surface area contributed by atoms with Gasteiger partial charge < -0.3 is 5.32 Å². The Morgan fingerprint density at radius 1 is 1.38 bits per heavy atom. The van der Waals surface area contributed by atoms with Gasteiger partial charge in [-0.25, -0.2) is 8.42 Å². The van der Waals surface area contributed by atoms with Gasteiger partial charge in [-0.1, -0.05) is 0 Å². The Morgan fingerprint density at radius 3 is 2.62 bits per heavy atom. The summed E-state index contributed by atoms with van der Waals surface area (Å²) in [4.78, 5) is 3.61. The Hall–Kier alpha value is -0.470. The monoisotopic (exact) mass is 331 g/mol. The highest BCUT2D eigenvalue weighted by atomic mass is 32.2. The van der Waals surface area contributed by atoms with E-state index in [9.17, 15) is 8.42 Å². The van der Waals surface area contributed by atoms with Crippen LogP contribution >= 0.6 is 11.3 Å². The van der Waals surface area contributed by atoms with Crippen molar-refractivity contribution in [1.82, 2.24) is 14.5 Å². The predicted molar refractivity (Wildman–Crippen MR) is 87.3 cm³/mol. The molecule has 1 aromatic heterocycles. The number of piperazine rings is 1. The first-order chi connectivity index (χ1) is 9.70. The van der Waals surface area contributed by atoms with E-state index in [2.05, 4.69) is 24.1 Å². The second-order valence-corrected chi connectivity index (χ2v) is 9.11. The lowest BCUT2D eigenvalue weighted by Gasteiger charge is -2.44. The van der Waals surface area contributed by atoms with E-state index >= 15 is 0 Å². The number of likely N-dealkylation sites (N-methyl/N-ethyl adjacent to an activating group) is 1. The highest BCUT2D eigenvalue weighted by molar-refractivity contribution is 7.89. The van der Waals surface area contributed by atoms with Gasteiger partial charge >= 0.3 is 0 Å². The molecule has 0 radical (unpaired) electrons. The zero-order chi connectivity index (χ0) is 15.8. The maximum atomic E-state index is 13.0. The van der Waals surface area contributed by atoms with Gasteiger partial charge in [0, 0.05) is 36.6 Å². The summed E-state index contributed by atoms with van der Waals surface area (Å²) in [5.41, 5.74) is 0.709. The van der Waals surface area contributed by atoms with Crippen LogP contribution < -0.4 is 5.32 Å². The molecule has 0 saturated carbocycles. The molecule has 0 bridgehead atoms. The smallest absolute Gasteiger partial charge is 0.244 e. The topological polar surface area (TPSA) is 52.7 Å². The molecule has 1 saturated heterocycles. The normalized spacial score (nSPS) is 20.8. The molecule has 0 unspecified atom stereocenters. The molecule has 120 valence electrons. The van der Waals surface area contributed by atoms with Gasteiger partial charge in [-0.05, 0) is 45.8 Å². The van der Waals surface area contributed by atoms with Crippen LogP contribution in [0.15, 0.2) is 10.3 Å². The van der Waals surface area contributed by atoms with Gasteiger partial charge in [0.15, 0.2) is 0 Å². The van der Waals surface area contributed by atoms with E-state index in [0.29, 0.717) is 24.5 Å². The molecular formula is C14H25N3O2S2. The quantitative estimate of drug-likeness (QED) is 0.908. The van der Waals surface area contributed by atoms with Gasteiger partial charge in [0.25, 0.3) is 0 Å². The van der Waals surface area contributed by atoms with Gasteiger partial charge in [-0.2, -0.15) is 4.31 Å². The zero-order valence-electron chi connectivity index (χ0n) is 13.4. The van der Waals surface area contributed by atoms with Gasteiger partial charge in [-0.15, -0.1) is 11.3 Å². The van der Waals surface area contributed by atoms with Crippen molar-refractivity contribution < 1.29 is 8.42 Å². The first-order valence-electron chi connectivity index (χ1n) is 7.13. The van der Waals surface area contributed by atoms with Crippen LogP contribution in [0.2, 0.25) is 0 Å². The van der Waals surface area contributed by atoms with Crippen LogP contribution in [0.25, 0.3) is 0 Å². The number of nitrogens with zero attached hydrogens (tertiary/aromatic N) is 2. The standard InChI is InChI=1S/C14H25N3O2S2/c1-11-9-20-12(8-15-4)13(11)21(18,19)17-7-6-16(5)14(2,3)10-17/h9,15H,6-8,10H2,1-5H3. The fraction of sp³-hybridized carbons (Fsp3) is 0.714. The summed E-state index contributed by atoms with van der Waals surface area (Å²) in [6.45, 7) is 8.48. The summed E-state index contributed by atoms with van der Waals surface area (Å²) >= 11 is 1.51.